The molecular weight excluding hydrogens is 410 g/mol. The third-order valence-corrected chi connectivity index (χ3v) is 4.38. The summed E-state index contributed by atoms with van der Waals surface area (Å²) in [4.78, 5) is 35.1. The highest BCUT2D eigenvalue weighted by atomic mass is 79.9. The van der Waals surface area contributed by atoms with Gasteiger partial charge >= 0.3 is 0 Å². The molecule has 0 spiro atoms. The summed E-state index contributed by atoms with van der Waals surface area (Å²) >= 11 is 4.38. The highest BCUT2D eigenvalue weighted by molar-refractivity contribution is 9.10. The first-order chi connectivity index (χ1) is 12.0. The molecule has 0 fully saturated rings. The molecule has 3 aromatic heterocycles. The van der Waals surface area contributed by atoms with Crippen LogP contribution in [0.25, 0.3) is 0 Å². The minimum Gasteiger partial charge on any atom is -0.444 e. The standard InChI is InChI=1S/C15H12BrN5O3S/c16-10-5-4-9(24-10)13(22)19-11-12(17)20-15(21-14(11)23)25-7-8-3-1-2-6-18-8/h1-6H,7H2,(H,19,22)(H3,17,20,21,23). The zero-order valence-electron chi connectivity index (χ0n) is 12.7. The number of H-pyrrole nitrogens is 1. The first-order valence-electron chi connectivity index (χ1n) is 7.02. The molecule has 3 rings (SSSR count). The van der Waals surface area contributed by atoms with Gasteiger partial charge in [0.25, 0.3) is 11.5 Å². The number of nitrogen functional groups attached to an aromatic ring is 1. The van der Waals surface area contributed by atoms with Gasteiger partial charge in [-0.15, -0.1) is 0 Å². The summed E-state index contributed by atoms with van der Waals surface area (Å²) in [6, 6.07) is 8.59. The summed E-state index contributed by atoms with van der Waals surface area (Å²) in [5.74, 6) is -0.112. The fraction of sp³-hybridized carbons (Fsp3) is 0.0667. The maximum atomic E-state index is 12.2. The summed E-state index contributed by atoms with van der Waals surface area (Å²) in [6.07, 6.45) is 1.69. The van der Waals surface area contributed by atoms with Crippen molar-refractivity contribution in [3.8, 4) is 0 Å². The molecule has 0 aliphatic rings. The van der Waals surface area contributed by atoms with Crippen molar-refractivity contribution >= 4 is 45.1 Å². The molecule has 3 heterocycles. The summed E-state index contributed by atoms with van der Waals surface area (Å²) in [5, 5.41) is 2.74. The van der Waals surface area contributed by atoms with Crippen LogP contribution in [-0.4, -0.2) is 20.9 Å². The van der Waals surface area contributed by atoms with Crippen LogP contribution in [0.3, 0.4) is 0 Å². The first-order valence-corrected chi connectivity index (χ1v) is 8.80. The Kier molecular flexibility index (Phi) is 5.19. The molecule has 1 amide bonds. The van der Waals surface area contributed by atoms with Gasteiger partial charge in [0.05, 0.1) is 5.69 Å². The van der Waals surface area contributed by atoms with E-state index in [0.29, 0.717) is 15.6 Å². The highest BCUT2D eigenvalue weighted by Crippen LogP contribution is 2.21. The van der Waals surface area contributed by atoms with Crippen molar-refractivity contribution < 1.29 is 9.21 Å². The molecule has 0 atom stereocenters. The molecule has 0 radical (unpaired) electrons. The smallest absolute Gasteiger partial charge is 0.291 e. The average Bonchev–Trinajstić information content (AvgIpc) is 3.03. The summed E-state index contributed by atoms with van der Waals surface area (Å²) < 4.78 is 5.53. The predicted molar refractivity (Wildman–Crippen MR) is 97.4 cm³/mol. The Balaban J connectivity index is 1.74. The van der Waals surface area contributed by atoms with Gasteiger partial charge in [-0.1, -0.05) is 17.8 Å². The Morgan fingerprint density at radius 1 is 1.36 bits per heavy atom. The number of aromatic nitrogens is 3. The molecular formula is C15H12BrN5O3S. The van der Waals surface area contributed by atoms with Crippen molar-refractivity contribution in [3.05, 3.63) is 63.0 Å². The van der Waals surface area contributed by atoms with E-state index in [4.69, 9.17) is 10.2 Å². The summed E-state index contributed by atoms with van der Waals surface area (Å²) in [5.41, 5.74) is 5.98. The van der Waals surface area contributed by atoms with E-state index < -0.39 is 11.5 Å². The van der Waals surface area contributed by atoms with Crippen LogP contribution in [-0.2, 0) is 5.75 Å². The molecule has 0 unspecified atom stereocenters. The number of rotatable bonds is 5. The number of hydrogen-bond acceptors (Lipinski definition) is 7. The van der Waals surface area contributed by atoms with E-state index in [1.165, 1.54) is 17.8 Å². The molecule has 0 saturated carbocycles. The van der Waals surface area contributed by atoms with Crippen molar-refractivity contribution in [2.75, 3.05) is 11.1 Å². The van der Waals surface area contributed by atoms with Crippen LogP contribution in [0.5, 0.6) is 0 Å². The number of nitrogens with zero attached hydrogens (tertiary/aromatic N) is 2. The Bertz CT molecular complexity index is 957. The van der Waals surface area contributed by atoms with E-state index in [1.54, 1.807) is 12.3 Å². The molecule has 0 bridgehead atoms. The van der Waals surface area contributed by atoms with Crippen LogP contribution in [0.1, 0.15) is 16.2 Å². The molecule has 3 aromatic rings. The predicted octanol–water partition coefficient (Wildman–Crippen LogP) is 2.65. The largest absolute Gasteiger partial charge is 0.444 e. The summed E-state index contributed by atoms with van der Waals surface area (Å²) in [6.45, 7) is 0. The zero-order chi connectivity index (χ0) is 17.8. The summed E-state index contributed by atoms with van der Waals surface area (Å²) in [7, 11) is 0. The van der Waals surface area contributed by atoms with Crippen LogP contribution < -0.4 is 16.6 Å². The zero-order valence-corrected chi connectivity index (χ0v) is 15.1. The number of amides is 1. The van der Waals surface area contributed by atoms with Crippen molar-refractivity contribution in [1.82, 2.24) is 15.0 Å². The average molecular weight is 422 g/mol. The lowest BCUT2D eigenvalue weighted by Crippen LogP contribution is -2.22. The second-order valence-corrected chi connectivity index (χ2v) is 6.54. The van der Waals surface area contributed by atoms with Gasteiger partial charge in [0.1, 0.15) is 0 Å². The van der Waals surface area contributed by atoms with Gasteiger partial charge in [-0.3, -0.25) is 19.6 Å². The van der Waals surface area contributed by atoms with Gasteiger partial charge in [-0.25, -0.2) is 4.98 Å². The number of thioether (sulfide) groups is 1. The number of halogens is 1. The SMILES string of the molecule is Nc1nc(SCc2ccccn2)[nH]c(=O)c1NC(=O)c1ccc(Br)o1. The molecule has 4 N–H and O–H groups in total. The number of pyridine rings is 1. The fourth-order valence-electron chi connectivity index (χ4n) is 1.90. The highest BCUT2D eigenvalue weighted by Gasteiger charge is 2.16. The van der Waals surface area contributed by atoms with Crippen molar-refractivity contribution in [2.24, 2.45) is 0 Å². The number of nitrogens with one attached hydrogen (secondary N) is 2. The Labute approximate surface area is 154 Å². The number of nitrogens with two attached hydrogens (primary N) is 1. The number of furan rings is 1. The molecule has 0 aromatic carbocycles. The van der Waals surface area contributed by atoms with Crippen LogP contribution in [0.2, 0.25) is 0 Å². The second kappa shape index (κ2) is 7.53. The number of aromatic amines is 1. The number of hydrogen-bond donors (Lipinski definition) is 3. The third-order valence-electron chi connectivity index (χ3n) is 3.04. The van der Waals surface area contributed by atoms with Gasteiger partial charge in [0.15, 0.2) is 27.1 Å². The lowest BCUT2D eigenvalue weighted by molar-refractivity contribution is 0.0995. The second-order valence-electron chi connectivity index (χ2n) is 4.80. The van der Waals surface area contributed by atoms with Gasteiger partial charge in [0, 0.05) is 11.9 Å². The van der Waals surface area contributed by atoms with Crippen LogP contribution in [0.15, 0.2) is 55.6 Å². The van der Waals surface area contributed by atoms with Gasteiger partial charge in [-0.05, 0) is 40.2 Å². The van der Waals surface area contributed by atoms with Crippen LogP contribution in [0, 0.1) is 0 Å². The van der Waals surface area contributed by atoms with Gasteiger partial charge in [-0.2, -0.15) is 0 Å². The molecule has 10 heteroatoms. The normalized spacial score (nSPS) is 10.6. The Hall–Kier alpha value is -2.59. The van der Waals surface area contributed by atoms with E-state index in [0.717, 1.165) is 5.69 Å². The van der Waals surface area contributed by atoms with Gasteiger partial charge in [0.2, 0.25) is 0 Å². The molecule has 0 saturated heterocycles. The number of carbonyl (C=O) groups is 1. The lowest BCUT2D eigenvalue weighted by Gasteiger charge is -2.07. The molecule has 0 aliphatic heterocycles. The van der Waals surface area contributed by atoms with Crippen molar-refractivity contribution in [2.45, 2.75) is 10.9 Å². The molecule has 128 valence electrons. The van der Waals surface area contributed by atoms with Crippen molar-refractivity contribution in [3.63, 3.8) is 0 Å². The minimum absolute atomic E-state index is 0.0410. The fourth-order valence-corrected chi connectivity index (χ4v) is 2.99. The number of anilines is 2. The van der Waals surface area contributed by atoms with Crippen LogP contribution in [0.4, 0.5) is 11.5 Å². The van der Waals surface area contributed by atoms with E-state index in [9.17, 15) is 9.59 Å². The van der Waals surface area contributed by atoms with Gasteiger partial charge < -0.3 is 15.5 Å². The monoisotopic (exact) mass is 421 g/mol. The topological polar surface area (TPSA) is 127 Å². The molecule has 8 nitrogen and oxygen atoms in total. The molecule has 25 heavy (non-hydrogen) atoms. The number of carbonyl (C=O) groups excluding carboxylic acids is 1. The lowest BCUT2D eigenvalue weighted by atomic mass is 10.4. The van der Waals surface area contributed by atoms with E-state index >= 15 is 0 Å². The Morgan fingerprint density at radius 3 is 2.84 bits per heavy atom. The van der Waals surface area contributed by atoms with Crippen LogP contribution >= 0.6 is 27.7 Å². The maximum absolute atomic E-state index is 12.2. The maximum Gasteiger partial charge on any atom is 0.291 e. The van der Waals surface area contributed by atoms with E-state index in [1.807, 2.05) is 18.2 Å². The quantitative estimate of drug-likeness (QED) is 0.426. The third kappa shape index (κ3) is 4.28. The van der Waals surface area contributed by atoms with E-state index in [-0.39, 0.29) is 17.3 Å². The first kappa shape index (κ1) is 17.2. The van der Waals surface area contributed by atoms with E-state index in [2.05, 4.69) is 36.2 Å². The minimum atomic E-state index is -0.599. The van der Waals surface area contributed by atoms with Crippen molar-refractivity contribution in [1.29, 1.82) is 0 Å². The molecule has 0 aliphatic carbocycles. The Morgan fingerprint density at radius 2 is 2.20 bits per heavy atom.